The summed E-state index contributed by atoms with van der Waals surface area (Å²) in [6.45, 7) is 7.44. The molecule has 0 spiro atoms. The van der Waals surface area contributed by atoms with Gasteiger partial charge in [-0.05, 0) is 37.1 Å². The second-order valence-corrected chi connectivity index (χ2v) is 7.55. The number of benzene rings is 1. The van der Waals surface area contributed by atoms with Crippen molar-refractivity contribution in [3.05, 3.63) is 53.1 Å². The molecule has 0 aliphatic carbocycles. The predicted octanol–water partition coefficient (Wildman–Crippen LogP) is 4.63. The molecule has 0 radical (unpaired) electrons. The molecule has 0 saturated heterocycles. The van der Waals surface area contributed by atoms with Gasteiger partial charge < -0.3 is 9.72 Å². The Hall–Kier alpha value is -2.64. The van der Waals surface area contributed by atoms with Gasteiger partial charge in [-0.3, -0.25) is 4.68 Å². The third kappa shape index (κ3) is 4.68. The van der Waals surface area contributed by atoms with Crippen LogP contribution in [0.25, 0.3) is 23.0 Å². The first-order chi connectivity index (χ1) is 13.5. The van der Waals surface area contributed by atoms with Crippen molar-refractivity contribution in [3.8, 4) is 28.8 Å². The highest BCUT2D eigenvalue weighted by atomic mass is 35.5. The number of ether oxygens (including phenoxy) is 1. The fourth-order valence-corrected chi connectivity index (χ4v) is 3.07. The predicted molar refractivity (Wildman–Crippen MR) is 115 cm³/mol. The number of aromatic nitrogens is 6. The van der Waals surface area contributed by atoms with Crippen molar-refractivity contribution in [1.82, 2.24) is 29.7 Å². The maximum atomic E-state index is 6.22. The molecule has 0 bridgehead atoms. The SMILES string of the molecule is Cc1cc(-c2nc3c[nH]cnc-3n2)nn1Cc1cc(Cl)ccc1OCC(C)C.Cl. The Morgan fingerprint density at radius 3 is 2.72 bits per heavy atom. The number of nitrogens with one attached hydrogen (secondary N) is 1. The molecule has 0 saturated carbocycles. The highest BCUT2D eigenvalue weighted by Crippen LogP contribution is 2.26. The number of aryl methyl sites for hydroxylation is 1. The van der Waals surface area contributed by atoms with Crippen molar-refractivity contribution in [2.75, 3.05) is 6.61 Å². The summed E-state index contributed by atoms with van der Waals surface area (Å²) in [7, 11) is 0. The van der Waals surface area contributed by atoms with Crippen LogP contribution in [-0.2, 0) is 6.54 Å². The third-order valence-corrected chi connectivity index (χ3v) is 4.51. The topological polar surface area (TPSA) is 81.5 Å². The number of hydrogen-bond acceptors (Lipinski definition) is 5. The zero-order valence-electron chi connectivity index (χ0n) is 16.4. The Bertz CT molecular complexity index is 1040. The van der Waals surface area contributed by atoms with Crippen LogP contribution in [0.5, 0.6) is 5.75 Å². The van der Waals surface area contributed by atoms with Gasteiger partial charge in [0, 0.05) is 22.5 Å². The minimum Gasteiger partial charge on any atom is -0.493 e. The van der Waals surface area contributed by atoms with Gasteiger partial charge in [0.05, 0.1) is 19.5 Å². The van der Waals surface area contributed by atoms with E-state index in [1.54, 1.807) is 12.5 Å². The van der Waals surface area contributed by atoms with Gasteiger partial charge in [-0.2, -0.15) is 5.10 Å². The van der Waals surface area contributed by atoms with E-state index in [9.17, 15) is 0 Å². The number of H-pyrrole nitrogens is 1. The maximum absolute atomic E-state index is 6.22. The lowest BCUT2D eigenvalue weighted by atomic mass is 10.2. The lowest BCUT2D eigenvalue weighted by Gasteiger charge is -2.14. The summed E-state index contributed by atoms with van der Waals surface area (Å²) in [5.41, 5.74) is 3.40. The Morgan fingerprint density at radius 2 is 1.97 bits per heavy atom. The first-order valence-corrected chi connectivity index (χ1v) is 9.50. The molecule has 0 amide bonds. The fraction of sp³-hybridized carbons (Fsp3) is 0.300. The van der Waals surface area contributed by atoms with Gasteiger partial charge in [0.1, 0.15) is 17.1 Å². The van der Waals surface area contributed by atoms with Crippen LogP contribution in [0.3, 0.4) is 0 Å². The molecule has 1 N–H and O–H groups in total. The summed E-state index contributed by atoms with van der Waals surface area (Å²) < 4.78 is 7.87. The Morgan fingerprint density at radius 1 is 1.14 bits per heavy atom. The normalized spacial score (nSPS) is 11.1. The largest absolute Gasteiger partial charge is 0.493 e. The number of fused-ring (bicyclic) bond motifs is 1. The minimum absolute atomic E-state index is 0. The summed E-state index contributed by atoms with van der Waals surface area (Å²) in [4.78, 5) is 16.1. The molecule has 2 aliphatic rings. The van der Waals surface area contributed by atoms with E-state index in [1.165, 1.54) is 0 Å². The molecule has 0 atom stereocenters. The number of halogens is 2. The Labute approximate surface area is 180 Å². The number of aromatic amines is 1. The van der Waals surface area contributed by atoms with Crippen molar-refractivity contribution < 1.29 is 4.74 Å². The summed E-state index contributed by atoms with van der Waals surface area (Å²) in [5.74, 6) is 2.42. The van der Waals surface area contributed by atoms with Crippen LogP contribution in [0.1, 0.15) is 25.1 Å². The van der Waals surface area contributed by atoms with Crippen LogP contribution >= 0.6 is 24.0 Å². The lowest BCUT2D eigenvalue weighted by molar-refractivity contribution is 0.268. The smallest absolute Gasteiger partial charge is 0.183 e. The monoisotopic (exact) mass is 432 g/mol. The van der Waals surface area contributed by atoms with E-state index in [-0.39, 0.29) is 12.4 Å². The standard InChI is InChI=1S/C20H21ClN6O.ClH/c1-12(2)10-28-18-5-4-15(21)7-14(18)9-27-13(3)6-16(26-27)20-24-17-8-22-11-23-19(17)25-20;/h4-8,11-12H,9-10H2,1-3H3,(H,22,23,24,25);1H. The third-order valence-electron chi connectivity index (χ3n) is 4.27. The van der Waals surface area contributed by atoms with Crippen molar-refractivity contribution in [2.45, 2.75) is 27.3 Å². The van der Waals surface area contributed by atoms with E-state index < -0.39 is 0 Å². The maximum Gasteiger partial charge on any atom is 0.183 e. The van der Waals surface area contributed by atoms with Gasteiger partial charge in [0.25, 0.3) is 0 Å². The summed E-state index contributed by atoms with van der Waals surface area (Å²) >= 11 is 6.22. The molecule has 9 heteroatoms. The van der Waals surface area contributed by atoms with Crippen LogP contribution < -0.4 is 4.74 Å². The van der Waals surface area contributed by atoms with Gasteiger partial charge in [0.15, 0.2) is 11.6 Å². The number of imidazole rings is 1. The van der Waals surface area contributed by atoms with E-state index >= 15 is 0 Å². The fourth-order valence-electron chi connectivity index (χ4n) is 2.88. The van der Waals surface area contributed by atoms with E-state index in [2.05, 4.69) is 33.8 Å². The summed E-state index contributed by atoms with van der Waals surface area (Å²) in [6, 6.07) is 7.65. The molecule has 1 aromatic carbocycles. The van der Waals surface area contributed by atoms with Gasteiger partial charge in [-0.25, -0.2) is 15.0 Å². The number of hydrogen-bond donors (Lipinski definition) is 1. The first kappa shape index (κ1) is 21.1. The molecule has 0 unspecified atom stereocenters. The van der Waals surface area contributed by atoms with Crippen LogP contribution in [0.4, 0.5) is 0 Å². The van der Waals surface area contributed by atoms with Crippen LogP contribution in [0, 0.1) is 12.8 Å². The van der Waals surface area contributed by atoms with Gasteiger partial charge in [-0.15, -0.1) is 12.4 Å². The molecule has 1 aromatic heterocycles. The highest BCUT2D eigenvalue weighted by Gasteiger charge is 2.17. The number of rotatable bonds is 6. The summed E-state index contributed by atoms with van der Waals surface area (Å²) in [6.07, 6.45) is 3.36. The van der Waals surface area contributed by atoms with Gasteiger partial charge >= 0.3 is 0 Å². The summed E-state index contributed by atoms with van der Waals surface area (Å²) in [5, 5.41) is 5.36. The minimum atomic E-state index is 0. The van der Waals surface area contributed by atoms with E-state index in [0.717, 1.165) is 17.0 Å². The first-order valence-electron chi connectivity index (χ1n) is 9.12. The quantitative estimate of drug-likeness (QED) is 0.479. The highest BCUT2D eigenvalue weighted by molar-refractivity contribution is 6.30. The molecule has 2 aliphatic heterocycles. The van der Waals surface area contributed by atoms with Crippen molar-refractivity contribution in [3.63, 3.8) is 0 Å². The van der Waals surface area contributed by atoms with Crippen LogP contribution in [-0.4, -0.2) is 36.3 Å². The lowest BCUT2D eigenvalue weighted by Crippen LogP contribution is -2.09. The molecular weight excluding hydrogens is 411 g/mol. The second kappa shape index (κ2) is 8.80. The van der Waals surface area contributed by atoms with Crippen molar-refractivity contribution in [1.29, 1.82) is 0 Å². The molecule has 29 heavy (non-hydrogen) atoms. The number of nitrogens with zero attached hydrogens (tertiary/aromatic N) is 5. The molecular formula is C20H22Cl2N6O. The molecule has 7 nitrogen and oxygen atoms in total. The molecule has 152 valence electrons. The van der Waals surface area contributed by atoms with Crippen LogP contribution in [0.2, 0.25) is 5.02 Å². The van der Waals surface area contributed by atoms with E-state index in [4.69, 9.17) is 21.4 Å². The Kier molecular flexibility index (Phi) is 6.39. The van der Waals surface area contributed by atoms with Gasteiger partial charge in [-0.1, -0.05) is 25.4 Å². The average molecular weight is 433 g/mol. The van der Waals surface area contributed by atoms with Crippen molar-refractivity contribution >= 4 is 24.0 Å². The molecule has 4 rings (SSSR count). The zero-order valence-corrected chi connectivity index (χ0v) is 18.0. The van der Waals surface area contributed by atoms with E-state index in [1.807, 2.05) is 35.9 Å². The molecule has 0 fully saturated rings. The van der Waals surface area contributed by atoms with Crippen LogP contribution in [0.15, 0.2) is 36.8 Å². The zero-order chi connectivity index (χ0) is 19.7. The van der Waals surface area contributed by atoms with Crippen molar-refractivity contribution in [2.24, 2.45) is 5.92 Å². The van der Waals surface area contributed by atoms with Gasteiger partial charge in [0.2, 0.25) is 0 Å². The molecule has 3 heterocycles. The molecule has 2 aromatic rings. The average Bonchev–Trinajstić information content (AvgIpc) is 3.24. The van der Waals surface area contributed by atoms with E-state index in [0.29, 0.717) is 47.1 Å². The second-order valence-electron chi connectivity index (χ2n) is 7.11. The Balaban J connectivity index is 0.00000240.